The van der Waals surface area contributed by atoms with Crippen LogP contribution >= 0.6 is 31.9 Å². The van der Waals surface area contributed by atoms with E-state index in [0.29, 0.717) is 42.7 Å². The molecular weight excluding hydrogens is 604 g/mol. The standard InChI is InChI=1S/C29H42Br2O6/c1-15-18-9-12-28(4)25(27(18,3)11-10-20(15)33)21(34)13-19-24(17(26(35)36)7-6-8-23(30)31)22(37-16(2)32)14-29(19,28)5/h8,15,18-22,25,33-34H,6-7,9-14H2,1-5H3,(H,35,36)/b24-17-/t15-,18-,19-,20+,21+,22-,25-,27-,28-,29-/m0/s1. The van der Waals surface area contributed by atoms with E-state index in [4.69, 9.17) is 4.74 Å². The van der Waals surface area contributed by atoms with Crippen LogP contribution in [0.4, 0.5) is 0 Å². The third-order valence-electron chi connectivity index (χ3n) is 11.3. The maximum absolute atomic E-state index is 12.6. The van der Waals surface area contributed by atoms with E-state index in [1.165, 1.54) is 6.92 Å². The third-order valence-corrected chi connectivity index (χ3v) is 12.0. The highest BCUT2D eigenvalue weighted by atomic mass is 79.9. The van der Waals surface area contributed by atoms with Crippen LogP contribution in [0.1, 0.15) is 86.0 Å². The number of carboxylic acid groups (broad SMARTS) is 1. The zero-order valence-corrected chi connectivity index (χ0v) is 25.8. The van der Waals surface area contributed by atoms with Gasteiger partial charge < -0.3 is 20.1 Å². The molecule has 0 aromatic heterocycles. The van der Waals surface area contributed by atoms with Crippen molar-refractivity contribution >= 4 is 43.8 Å². The monoisotopic (exact) mass is 644 g/mol. The van der Waals surface area contributed by atoms with Crippen molar-refractivity contribution in [3.8, 4) is 0 Å². The average molecular weight is 646 g/mol. The highest BCUT2D eigenvalue weighted by Gasteiger charge is 2.70. The lowest BCUT2D eigenvalue weighted by Gasteiger charge is -2.69. The number of hydrogen-bond acceptors (Lipinski definition) is 5. The van der Waals surface area contributed by atoms with Gasteiger partial charge in [-0.1, -0.05) is 33.8 Å². The van der Waals surface area contributed by atoms with Gasteiger partial charge >= 0.3 is 11.9 Å². The second-order valence-corrected chi connectivity index (χ2v) is 15.6. The fourth-order valence-corrected chi connectivity index (χ4v) is 10.1. The van der Waals surface area contributed by atoms with Gasteiger partial charge in [-0.05, 0) is 129 Å². The number of aliphatic carboxylic acids is 1. The van der Waals surface area contributed by atoms with Crippen LogP contribution in [0.25, 0.3) is 0 Å². The summed E-state index contributed by atoms with van der Waals surface area (Å²) in [6, 6.07) is 0. The Labute approximate surface area is 237 Å². The summed E-state index contributed by atoms with van der Waals surface area (Å²) >= 11 is 6.69. The first-order valence-electron chi connectivity index (χ1n) is 13.7. The van der Waals surface area contributed by atoms with E-state index in [0.717, 1.165) is 29.1 Å². The van der Waals surface area contributed by atoms with E-state index in [1.807, 2.05) is 6.08 Å². The topological polar surface area (TPSA) is 104 Å². The van der Waals surface area contributed by atoms with Gasteiger partial charge in [-0.15, -0.1) is 0 Å². The number of carbonyl (C=O) groups excluding carboxylic acids is 1. The van der Waals surface area contributed by atoms with Gasteiger partial charge in [0.15, 0.2) is 0 Å². The zero-order valence-electron chi connectivity index (χ0n) is 22.6. The molecule has 8 heteroatoms. The first-order valence-corrected chi connectivity index (χ1v) is 15.3. The largest absolute Gasteiger partial charge is 0.478 e. The molecule has 4 aliphatic carbocycles. The summed E-state index contributed by atoms with van der Waals surface area (Å²) in [5.74, 6) is -1.01. The summed E-state index contributed by atoms with van der Waals surface area (Å²) < 4.78 is 6.62. The van der Waals surface area contributed by atoms with E-state index in [9.17, 15) is 24.9 Å². The van der Waals surface area contributed by atoms with Gasteiger partial charge in [0, 0.05) is 12.5 Å². The van der Waals surface area contributed by atoms with Crippen LogP contribution in [0.2, 0.25) is 0 Å². The van der Waals surface area contributed by atoms with Gasteiger partial charge in [0.25, 0.3) is 0 Å². The van der Waals surface area contributed by atoms with Gasteiger partial charge in [-0.3, -0.25) is 4.79 Å². The second-order valence-electron chi connectivity index (χ2n) is 12.9. The molecule has 0 aliphatic heterocycles. The molecule has 10 atom stereocenters. The Morgan fingerprint density at radius 1 is 1.08 bits per heavy atom. The van der Waals surface area contributed by atoms with E-state index in [2.05, 4.69) is 59.6 Å². The smallest absolute Gasteiger partial charge is 0.331 e. The average Bonchev–Trinajstić information content (AvgIpc) is 3.05. The van der Waals surface area contributed by atoms with E-state index < -0.39 is 24.1 Å². The number of fused-ring (bicyclic) bond motifs is 5. The number of esters is 1. The Bertz CT molecular complexity index is 1000. The third kappa shape index (κ3) is 4.70. The molecule has 3 N–H and O–H groups in total. The van der Waals surface area contributed by atoms with Crippen molar-refractivity contribution in [1.29, 1.82) is 0 Å². The Hall–Kier alpha value is -0.700. The van der Waals surface area contributed by atoms with Crippen LogP contribution in [-0.2, 0) is 14.3 Å². The minimum atomic E-state index is -0.983. The van der Waals surface area contributed by atoms with E-state index in [1.54, 1.807) is 0 Å². The lowest BCUT2D eigenvalue weighted by atomic mass is 9.36. The second kappa shape index (κ2) is 10.4. The fraction of sp³-hybridized carbons (Fsp3) is 0.793. The van der Waals surface area contributed by atoms with Gasteiger partial charge in [-0.25, -0.2) is 4.79 Å². The minimum Gasteiger partial charge on any atom is -0.478 e. The molecule has 0 saturated heterocycles. The van der Waals surface area contributed by atoms with Gasteiger partial charge in [0.05, 0.1) is 15.6 Å². The van der Waals surface area contributed by atoms with Crippen molar-refractivity contribution in [1.82, 2.24) is 0 Å². The molecule has 4 aliphatic rings. The van der Waals surface area contributed by atoms with Crippen LogP contribution in [0.3, 0.4) is 0 Å². The summed E-state index contributed by atoms with van der Waals surface area (Å²) in [5, 5.41) is 32.8. The zero-order chi connectivity index (χ0) is 27.5. The van der Waals surface area contributed by atoms with Crippen LogP contribution in [0.5, 0.6) is 0 Å². The molecule has 4 fully saturated rings. The quantitative estimate of drug-likeness (QED) is 0.238. The number of ether oxygens (including phenoxy) is 1. The lowest BCUT2D eigenvalue weighted by Crippen LogP contribution is -2.65. The fourth-order valence-electron chi connectivity index (χ4n) is 9.61. The molecule has 37 heavy (non-hydrogen) atoms. The van der Waals surface area contributed by atoms with Crippen LogP contribution in [0.15, 0.2) is 20.6 Å². The Morgan fingerprint density at radius 2 is 1.76 bits per heavy atom. The summed E-state index contributed by atoms with van der Waals surface area (Å²) in [6.45, 7) is 10.4. The normalized spacial score (nSPS) is 46.2. The summed E-state index contributed by atoms with van der Waals surface area (Å²) in [7, 11) is 0. The molecular formula is C29H42Br2O6. The molecule has 0 radical (unpaired) electrons. The van der Waals surface area contributed by atoms with Gasteiger partial charge in [0.2, 0.25) is 0 Å². The van der Waals surface area contributed by atoms with Crippen molar-refractivity contribution in [2.24, 2.45) is 39.9 Å². The first kappa shape index (κ1) is 29.3. The number of allylic oxidation sites excluding steroid dienone is 1. The number of aliphatic hydroxyl groups is 2. The number of carbonyl (C=O) groups is 2. The number of halogens is 2. The molecule has 0 heterocycles. The number of hydrogen-bond donors (Lipinski definition) is 3. The molecule has 0 bridgehead atoms. The maximum atomic E-state index is 12.6. The van der Waals surface area contributed by atoms with Crippen molar-refractivity contribution in [3.63, 3.8) is 0 Å². The highest BCUT2D eigenvalue weighted by molar-refractivity contribution is 9.28. The van der Waals surface area contributed by atoms with Crippen LogP contribution in [0, 0.1) is 39.9 Å². The van der Waals surface area contributed by atoms with Crippen molar-refractivity contribution in [3.05, 3.63) is 20.6 Å². The first-order chi connectivity index (χ1) is 17.2. The van der Waals surface area contributed by atoms with E-state index in [-0.39, 0.29) is 40.1 Å². The molecule has 4 rings (SSSR count). The molecule has 0 unspecified atom stereocenters. The minimum absolute atomic E-state index is 0.0350. The Morgan fingerprint density at radius 3 is 2.35 bits per heavy atom. The molecule has 4 saturated carbocycles. The molecule has 0 aromatic rings. The van der Waals surface area contributed by atoms with Gasteiger partial charge in [-0.2, -0.15) is 0 Å². The maximum Gasteiger partial charge on any atom is 0.331 e. The molecule has 6 nitrogen and oxygen atoms in total. The SMILES string of the molecule is CC(=O)O[C@H]1C[C@@]2(C)[C@@H](C[C@@H](O)[C@H]3[C@@]4(C)CC[C@@H](O)[C@@H](C)[C@@H]4CC[C@@]32C)/C1=C(\CCC=C(Br)Br)C(=O)O. The summed E-state index contributed by atoms with van der Waals surface area (Å²) in [4.78, 5) is 24.8. The Kier molecular flexibility index (Phi) is 8.20. The predicted octanol–water partition coefficient (Wildman–Crippen LogP) is 6.33. The van der Waals surface area contributed by atoms with Crippen LogP contribution < -0.4 is 0 Å². The molecule has 208 valence electrons. The summed E-state index contributed by atoms with van der Waals surface area (Å²) in [6.07, 6.45) is 5.78. The van der Waals surface area contributed by atoms with E-state index >= 15 is 0 Å². The number of carboxylic acids is 1. The predicted molar refractivity (Wildman–Crippen MR) is 149 cm³/mol. The lowest BCUT2D eigenvalue weighted by molar-refractivity contribution is -0.234. The van der Waals surface area contributed by atoms with Crippen LogP contribution in [-0.4, -0.2) is 45.6 Å². The van der Waals surface area contributed by atoms with Crippen molar-refractivity contribution in [2.75, 3.05) is 0 Å². The molecule has 0 amide bonds. The molecule has 0 spiro atoms. The van der Waals surface area contributed by atoms with Crippen molar-refractivity contribution in [2.45, 2.75) is 104 Å². The number of aliphatic hydroxyl groups excluding tert-OH is 2. The Balaban J connectivity index is 1.82. The highest BCUT2D eigenvalue weighted by Crippen LogP contribution is 2.74. The number of rotatable bonds is 5. The van der Waals surface area contributed by atoms with Crippen molar-refractivity contribution < 1.29 is 29.6 Å². The summed E-state index contributed by atoms with van der Waals surface area (Å²) in [5.41, 5.74) is 0.311. The van der Waals surface area contributed by atoms with Gasteiger partial charge in [0.1, 0.15) is 6.10 Å². The molecule has 0 aromatic carbocycles.